The van der Waals surface area contributed by atoms with Crippen LogP contribution in [0.1, 0.15) is 44.1 Å². The predicted octanol–water partition coefficient (Wildman–Crippen LogP) is 5.03. The minimum atomic E-state index is 0.383. The maximum atomic E-state index is 5.76. The number of hydrogen-bond acceptors (Lipinski definition) is 1. The molecule has 2 rings (SSSR count). The molecule has 0 saturated heterocycles. The van der Waals surface area contributed by atoms with Gasteiger partial charge in [0, 0.05) is 12.5 Å². The van der Waals surface area contributed by atoms with E-state index in [2.05, 4.69) is 61.6 Å². The van der Waals surface area contributed by atoms with Gasteiger partial charge in [-0.05, 0) is 24.1 Å². The van der Waals surface area contributed by atoms with Crippen LogP contribution < -0.4 is 0 Å². The Morgan fingerprint density at radius 1 is 0.947 bits per heavy atom. The molecule has 0 heterocycles. The predicted molar refractivity (Wildman–Crippen MR) is 80.8 cm³/mol. The van der Waals surface area contributed by atoms with Crippen molar-refractivity contribution in [2.24, 2.45) is 0 Å². The molecule has 0 spiro atoms. The van der Waals surface area contributed by atoms with Crippen molar-refractivity contribution in [3.05, 3.63) is 66.3 Å². The quantitative estimate of drug-likeness (QED) is 0.621. The number of allylic oxidation sites excluding steroid dienone is 2. The first kappa shape index (κ1) is 14.1. The van der Waals surface area contributed by atoms with Crippen LogP contribution >= 0.6 is 0 Å². The zero-order valence-corrected chi connectivity index (χ0v) is 11.7. The summed E-state index contributed by atoms with van der Waals surface area (Å²) in [6, 6.07) is 10.5. The molecule has 1 aliphatic rings. The van der Waals surface area contributed by atoms with Gasteiger partial charge < -0.3 is 4.74 Å². The fourth-order valence-electron chi connectivity index (χ4n) is 2.23. The van der Waals surface area contributed by atoms with E-state index in [9.17, 15) is 0 Å². The van der Waals surface area contributed by atoms with Gasteiger partial charge in [-0.3, -0.25) is 0 Å². The molecular weight excluding hydrogens is 232 g/mol. The highest BCUT2D eigenvalue weighted by Gasteiger charge is 2.11. The van der Waals surface area contributed by atoms with Crippen molar-refractivity contribution < 1.29 is 4.74 Å². The second-order valence-electron chi connectivity index (χ2n) is 4.97. The molecule has 1 heteroatoms. The Morgan fingerprint density at radius 3 is 2.37 bits per heavy atom. The number of hydrogen-bond donors (Lipinski definition) is 0. The van der Waals surface area contributed by atoms with E-state index in [1.807, 2.05) is 0 Å². The Balaban J connectivity index is 1.73. The van der Waals surface area contributed by atoms with Crippen molar-refractivity contribution in [2.45, 2.75) is 38.5 Å². The molecule has 1 aromatic carbocycles. The van der Waals surface area contributed by atoms with E-state index in [4.69, 9.17) is 4.74 Å². The lowest BCUT2D eigenvalue weighted by molar-refractivity contribution is 0.176. The van der Waals surface area contributed by atoms with E-state index in [1.54, 1.807) is 0 Å². The van der Waals surface area contributed by atoms with Crippen LogP contribution in [0.5, 0.6) is 0 Å². The smallest absolute Gasteiger partial charge is 0.140 e. The van der Waals surface area contributed by atoms with E-state index in [-0.39, 0.29) is 0 Å². The normalized spacial score (nSPS) is 16.1. The van der Waals surface area contributed by atoms with Crippen molar-refractivity contribution >= 4 is 0 Å². The molecule has 101 valence electrons. The largest absolute Gasteiger partial charge is 0.363 e. The third kappa shape index (κ3) is 4.68. The van der Waals surface area contributed by atoms with Crippen molar-refractivity contribution in [2.75, 3.05) is 6.61 Å². The summed E-state index contributed by atoms with van der Waals surface area (Å²) in [4.78, 5) is 0. The standard InChI is InChI=1S/C18H23O/c1-2-3-4-8-15-19-18-13-11-17(12-14-18)16-9-6-5-7-10-16/h5-7,9-14,17H,2-4,8,15H2,1H3. The zero-order valence-electron chi connectivity index (χ0n) is 11.7. The summed E-state index contributed by atoms with van der Waals surface area (Å²) >= 11 is 0. The summed E-state index contributed by atoms with van der Waals surface area (Å²) in [5.74, 6) is 0.383. The number of rotatable bonds is 7. The average molecular weight is 255 g/mol. The second kappa shape index (κ2) is 7.96. The van der Waals surface area contributed by atoms with Crippen LogP contribution in [0, 0.1) is 6.10 Å². The van der Waals surface area contributed by atoms with Crippen LogP contribution in [-0.4, -0.2) is 6.61 Å². The van der Waals surface area contributed by atoms with Crippen molar-refractivity contribution in [1.82, 2.24) is 0 Å². The molecule has 0 atom stereocenters. The third-order valence-electron chi connectivity index (χ3n) is 3.39. The molecule has 1 aromatic rings. The van der Waals surface area contributed by atoms with Gasteiger partial charge in [0.1, 0.15) is 6.10 Å². The summed E-state index contributed by atoms with van der Waals surface area (Å²) < 4.78 is 5.76. The maximum Gasteiger partial charge on any atom is 0.140 e. The average Bonchev–Trinajstić information content (AvgIpc) is 2.49. The van der Waals surface area contributed by atoms with Crippen LogP contribution in [-0.2, 0) is 4.74 Å². The summed E-state index contributed by atoms with van der Waals surface area (Å²) in [5, 5.41) is 0. The first-order valence-electron chi connectivity index (χ1n) is 7.31. The van der Waals surface area contributed by atoms with Gasteiger partial charge in [0.15, 0.2) is 0 Å². The summed E-state index contributed by atoms with van der Waals surface area (Å²) in [5.41, 5.74) is 1.33. The number of unbranched alkanes of at least 4 members (excludes halogenated alkanes) is 3. The molecule has 0 amide bonds. The highest BCUT2D eigenvalue weighted by atomic mass is 16.5. The van der Waals surface area contributed by atoms with Crippen molar-refractivity contribution in [1.29, 1.82) is 0 Å². The summed E-state index contributed by atoms with van der Waals surface area (Å²) in [6.07, 6.45) is 14.6. The van der Waals surface area contributed by atoms with Crippen LogP contribution in [0.4, 0.5) is 0 Å². The number of ether oxygens (including phenoxy) is 1. The van der Waals surface area contributed by atoms with Gasteiger partial charge in [-0.25, -0.2) is 0 Å². The second-order valence-corrected chi connectivity index (χ2v) is 4.97. The summed E-state index contributed by atoms with van der Waals surface area (Å²) in [6.45, 7) is 3.06. The molecule has 0 bridgehead atoms. The van der Waals surface area contributed by atoms with E-state index in [0.29, 0.717) is 5.92 Å². The molecule has 0 aromatic heterocycles. The molecule has 0 unspecified atom stereocenters. The Hall–Kier alpha value is -1.34. The molecule has 0 N–H and O–H groups in total. The van der Waals surface area contributed by atoms with Crippen LogP contribution in [0.15, 0.2) is 54.6 Å². The first-order valence-corrected chi connectivity index (χ1v) is 7.31. The highest BCUT2D eigenvalue weighted by Crippen LogP contribution is 2.25. The molecule has 0 fully saturated rings. The SMILES string of the molecule is CCCCCCO[C]1C=CC(c2ccccc2)C=C1. The number of benzene rings is 1. The highest BCUT2D eigenvalue weighted by molar-refractivity contribution is 5.36. The lowest BCUT2D eigenvalue weighted by atomic mass is 9.94. The Morgan fingerprint density at radius 2 is 1.68 bits per heavy atom. The third-order valence-corrected chi connectivity index (χ3v) is 3.39. The van der Waals surface area contributed by atoms with Crippen molar-refractivity contribution in [3.63, 3.8) is 0 Å². The molecular formula is C18H23O. The van der Waals surface area contributed by atoms with Crippen molar-refractivity contribution in [3.8, 4) is 0 Å². The van der Waals surface area contributed by atoms with Gasteiger partial charge in [0.05, 0.1) is 0 Å². The minimum absolute atomic E-state index is 0.383. The van der Waals surface area contributed by atoms with Gasteiger partial charge >= 0.3 is 0 Å². The molecule has 19 heavy (non-hydrogen) atoms. The van der Waals surface area contributed by atoms with Gasteiger partial charge in [-0.15, -0.1) is 0 Å². The molecule has 0 saturated carbocycles. The zero-order chi connectivity index (χ0) is 13.3. The minimum Gasteiger partial charge on any atom is -0.363 e. The first-order chi connectivity index (χ1) is 9.40. The summed E-state index contributed by atoms with van der Waals surface area (Å²) in [7, 11) is 0. The van der Waals surface area contributed by atoms with E-state index >= 15 is 0 Å². The molecule has 1 radical (unpaired) electrons. The Kier molecular flexibility index (Phi) is 5.90. The topological polar surface area (TPSA) is 9.23 Å². The van der Waals surface area contributed by atoms with Gasteiger partial charge in [-0.1, -0.05) is 68.7 Å². The lowest BCUT2D eigenvalue weighted by Gasteiger charge is -2.16. The fraction of sp³-hybridized carbons (Fsp3) is 0.389. The van der Waals surface area contributed by atoms with E-state index in [1.165, 1.54) is 24.8 Å². The van der Waals surface area contributed by atoms with Crippen LogP contribution in [0.3, 0.4) is 0 Å². The molecule has 1 aliphatic carbocycles. The van der Waals surface area contributed by atoms with Crippen LogP contribution in [0.25, 0.3) is 0 Å². The Labute approximate surface area is 117 Å². The van der Waals surface area contributed by atoms with Crippen LogP contribution in [0.2, 0.25) is 0 Å². The Bertz CT molecular complexity index is 391. The monoisotopic (exact) mass is 255 g/mol. The fourth-order valence-corrected chi connectivity index (χ4v) is 2.23. The van der Waals surface area contributed by atoms with Gasteiger partial charge in [0.25, 0.3) is 0 Å². The van der Waals surface area contributed by atoms with Gasteiger partial charge in [-0.2, -0.15) is 0 Å². The maximum absolute atomic E-state index is 5.76. The van der Waals surface area contributed by atoms with Gasteiger partial charge in [0.2, 0.25) is 0 Å². The van der Waals surface area contributed by atoms with E-state index in [0.717, 1.165) is 19.1 Å². The molecule has 0 aliphatic heterocycles. The lowest BCUT2D eigenvalue weighted by Crippen LogP contribution is -2.04. The molecule has 1 nitrogen and oxygen atoms in total. The van der Waals surface area contributed by atoms with E-state index < -0.39 is 0 Å².